The van der Waals surface area contributed by atoms with Crippen LogP contribution in [-0.4, -0.2) is 32.2 Å². The minimum absolute atomic E-state index is 0.0180. The molecule has 84 valence electrons. The second-order valence-corrected chi connectivity index (χ2v) is 3.88. The third-order valence-electron chi connectivity index (χ3n) is 2.82. The Bertz CT molecular complexity index is 439. The van der Waals surface area contributed by atoms with E-state index in [1.807, 2.05) is 6.07 Å². The monoisotopic (exact) mass is 220 g/mol. The maximum atomic E-state index is 11.8. The van der Waals surface area contributed by atoms with Gasteiger partial charge in [0.2, 0.25) is 0 Å². The number of fused-ring (bicyclic) bond motifs is 2. The summed E-state index contributed by atoms with van der Waals surface area (Å²) in [5.41, 5.74) is 1.70. The number of hydrogen-bond acceptors (Lipinski definition) is 4. The van der Waals surface area contributed by atoms with Crippen LogP contribution in [0.5, 0.6) is 11.5 Å². The van der Waals surface area contributed by atoms with Crippen LogP contribution in [0.3, 0.4) is 0 Å². The smallest absolute Gasteiger partial charge is 0.188 e. The van der Waals surface area contributed by atoms with Gasteiger partial charge in [-0.2, -0.15) is 0 Å². The van der Waals surface area contributed by atoms with Gasteiger partial charge in [0.15, 0.2) is 17.3 Å². The Morgan fingerprint density at radius 2 is 1.75 bits per heavy atom. The van der Waals surface area contributed by atoms with E-state index in [9.17, 15) is 4.79 Å². The Balaban J connectivity index is 2.10. The lowest BCUT2D eigenvalue weighted by atomic mass is 10.0. The standard InChI is InChI=1S/C12H12O4/c13-10-7-14-2-1-8-5-11-12(6-9(8)10)16-4-3-15-11/h5-6H,1-4,7H2. The minimum Gasteiger partial charge on any atom is -0.486 e. The summed E-state index contributed by atoms with van der Waals surface area (Å²) in [7, 11) is 0. The van der Waals surface area contributed by atoms with Crippen molar-refractivity contribution < 1.29 is 19.0 Å². The molecule has 0 saturated heterocycles. The van der Waals surface area contributed by atoms with Gasteiger partial charge < -0.3 is 14.2 Å². The molecule has 0 fully saturated rings. The summed E-state index contributed by atoms with van der Waals surface area (Å²) >= 11 is 0. The van der Waals surface area contributed by atoms with Gasteiger partial charge in [0, 0.05) is 5.56 Å². The predicted octanol–water partition coefficient (Wildman–Crippen LogP) is 1.21. The number of carbonyl (C=O) groups is 1. The lowest BCUT2D eigenvalue weighted by molar-refractivity contribution is 0.0788. The molecule has 16 heavy (non-hydrogen) atoms. The number of hydrogen-bond donors (Lipinski definition) is 0. The zero-order valence-electron chi connectivity index (χ0n) is 8.82. The van der Waals surface area contributed by atoms with Crippen molar-refractivity contribution in [3.63, 3.8) is 0 Å². The summed E-state index contributed by atoms with van der Waals surface area (Å²) in [4.78, 5) is 11.8. The van der Waals surface area contributed by atoms with E-state index in [2.05, 4.69) is 0 Å². The molecule has 0 bridgehead atoms. The highest BCUT2D eigenvalue weighted by molar-refractivity contribution is 5.99. The van der Waals surface area contributed by atoms with Gasteiger partial charge in [-0.05, 0) is 24.1 Å². The van der Waals surface area contributed by atoms with Crippen molar-refractivity contribution in [3.8, 4) is 11.5 Å². The van der Waals surface area contributed by atoms with Gasteiger partial charge in [0.05, 0.1) is 6.61 Å². The molecule has 0 atom stereocenters. The summed E-state index contributed by atoms with van der Waals surface area (Å²) in [5, 5.41) is 0. The highest BCUT2D eigenvalue weighted by Gasteiger charge is 2.21. The third kappa shape index (κ3) is 1.55. The number of rotatable bonds is 0. The molecule has 1 aromatic rings. The normalized spacial score (nSPS) is 18.9. The van der Waals surface area contributed by atoms with Crippen LogP contribution in [0.4, 0.5) is 0 Å². The molecule has 2 aliphatic heterocycles. The molecule has 0 N–H and O–H groups in total. The second kappa shape index (κ2) is 3.79. The van der Waals surface area contributed by atoms with Crippen molar-refractivity contribution in [1.82, 2.24) is 0 Å². The first kappa shape index (κ1) is 9.66. The number of ketones is 1. The van der Waals surface area contributed by atoms with Crippen LogP contribution in [-0.2, 0) is 11.2 Å². The molecule has 0 aromatic heterocycles. The lowest BCUT2D eigenvalue weighted by Crippen LogP contribution is -2.17. The van der Waals surface area contributed by atoms with E-state index < -0.39 is 0 Å². The van der Waals surface area contributed by atoms with E-state index in [1.54, 1.807) is 6.07 Å². The third-order valence-corrected chi connectivity index (χ3v) is 2.82. The largest absolute Gasteiger partial charge is 0.486 e. The number of benzene rings is 1. The molecule has 2 aliphatic rings. The molecule has 1 aromatic carbocycles. The number of ether oxygens (including phenoxy) is 3. The average molecular weight is 220 g/mol. The molecule has 0 saturated carbocycles. The fraction of sp³-hybridized carbons (Fsp3) is 0.417. The van der Waals surface area contributed by atoms with Crippen molar-refractivity contribution in [2.75, 3.05) is 26.4 Å². The van der Waals surface area contributed by atoms with E-state index in [1.165, 1.54) is 0 Å². The summed E-state index contributed by atoms with van der Waals surface area (Å²) < 4.78 is 16.2. The molecular formula is C12H12O4. The van der Waals surface area contributed by atoms with Crippen LogP contribution in [0.15, 0.2) is 12.1 Å². The molecular weight excluding hydrogens is 208 g/mol. The highest BCUT2D eigenvalue weighted by atomic mass is 16.6. The van der Waals surface area contributed by atoms with Crippen LogP contribution in [0.1, 0.15) is 15.9 Å². The predicted molar refractivity (Wildman–Crippen MR) is 56.3 cm³/mol. The minimum atomic E-state index is 0.0180. The summed E-state index contributed by atoms with van der Waals surface area (Å²) in [6.07, 6.45) is 0.748. The highest BCUT2D eigenvalue weighted by Crippen LogP contribution is 2.34. The topological polar surface area (TPSA) is 44.8 Å². The fourth-order valence-corrected chi connectivity index (χ4v) is 2.02. The van der Waals surface area contributed by atoms with Crippen molar-refractivity contribution >= 4 is 5.78 Å². The van der Waals surface area contributed by atoms with Crippen LogP contribution < -0.4 is 9.47 Å². The molecule has 0 radical (unpaired) electrons. The van der Waals surface area contributed by atoms with Crippen molar-refractivity contribution in [1.29, 1.82) is 0 Å². The van der Waals surface area contributed by atoms with Gasteiger partial charge in [0.1, 0.15) is 19.8 Å². The fourth-order valence-electron chi connectivity index (χ4n) is 2.02. The quantitative estimate of drug-likeness (QED) is 0.659. The van der Waals surface area contributed by atoms with E-state index in [-0.39, 0.29) is 12.4 Å². The van der Waals surface area contributed by atoms with Gasteiger partial charge in [0.25, 0.3) is 0 Å². The Morgan fingerprint density at radius 1 is 1.00 bits per heavy atom. The molecule has 0 amide bonds. The van der Waals surface area contributed by atoms with Crippen molar-refractivity contribution in [3.05, 3.63) is 23.3 Å². The van der Waals surface area contributed by atoms with Crippen molar-refractivity contribution in [2.45, 2.75) is 6.42 Å². The average Bonchev–Trinajstić information content (AvgIpc) is 2.49. The second-order valence-electron chi connectivity index (χ2n) is 3.88. The Hall–Kier alpha value is -1.55. The molecule has 0 aliphatic carbocycles. The lowest BCUT2D eigenvalue weighted by Gasteiger charge is -2.20. The molecule has 2 heterocycles. The number of carbonyl (C=O) groups excluding carboxylic acids is 1. The molecule has 4 heteroatoms. The molecule has 4 nitrogen and oxygen atoms in total. The van der Waals surface area contributed by atoms with E-state index >= 15 is 0 Å². The SMILES string of the molecule is O=C1COCCc2cc3c(cc21)OCCO3. The van der Waals surface area contributed by atoms with E-state index in [0.29, 0.717) is 31.1 Å². The first-order valence-electron chi connectivity index (χ1n) is 5.38. The summed E-state index contributed by atoms with van der Waals surface area (Å²) in [5.74, 6) is 1.42. The Kier molecular flexibility index (Phi) is 2.29. The van der Waals surface area contributed by atoms with Gasteiger partial charge in [-0.15, -0.1) is 0 Å². The van der Waals surface area contributed by atoms with E-state index in [0.717, 1.165) is 17.7 Å². The van der Waals surface area contributed by atoms with Crippen LogP contribution in [0.2, 0.25) is 0 Å². The zero-order valence-corrected chi connectivity index (χ0v) is 8.82. The Morgan fingerprint density at radius 3 is 2.56 bits per heavy atom. The molecule has 3 rings (SSSR count). The first-order valence-corrected chi connectivity index (χ1v) is 5.38. The Labute approximate surface area is 93.1 Å². The summed E-state index contributed by atoms with van der Waals surface area (Å²) in [6.45, 7) is 1.84. The maximum Gasteiger partial charge on any atom is 0.188 e. The van der Waals surface area contributed by atoms with Gasteiger partial charge >= 0.3 is 0 Å². The van der Waals surface area contributed by atoms with Crippen LogP contribution >= 0.6 is 0 Å². The zero-order chi connectivity index (χ0) is 11.0. The van der Waals surface area contributed by atoms with Gasteiger partial charge in [-0.3, -0.25) is 4.79 Å². The van der Waals surface area contributed by atoms with Gasteiger partial charge in [-0.25, -0.2) is 0 Å². The van der Waals surface area contributed by atoms with Crippen LogP contribution in [0, 0.1) is 0 Å². The molecule has 0 spiro atoms. The van der Waals surface area contributed by atoms with E-state index in [4.69, 9.17) is 14.2 Å². The van der Waals surface area contributed by atoms with Gasteiger partial charge in [-0.1, -0.05) is 0 Å². The first-order chi connectivity index (χ1) is 7.84. The van der Waals surface area contributed by atoms with Crippen LogP contribution in [0.25, 0.3) is 0 Å². The summed E-state index contributed by atoms with van der Waals surface area (Å²) in [6, 6.07) is 3.68. The maximum absolute atomic E-state index is 11.8. The number of Topliss-reactive ketones (excluding diaryl/α,β-unsaturated/α-hetero) is 1. The van der Waals surface area contributed by atoms with Crippen molar-refractivity contribution in [2.24, 2.45) is 0 Å². The molecule has 0 unspecified atom stereocenters.